The predicted octanol–water partition coefficient (Wildman–Crippen LogP) is 4.06. The number of carbonyl (C=O) groups is 1. The summed E-state index contributed by atoms with van der Waals surface area (Å²) in [7, 11) is 0. The van der Waals surface area contributed by atoms with E-state index in [1.165, 1.54) is 38.4 Å². The van der Waals surface area contributed by atoms with Crippen LogP contribution in [0, 0.1) is 29.1 Å². The van der Waals surface area contributed by atoms with E-state index in [0.717, 1.165) is 18.3 Å². The molecule has 0 aromatic rings. The first-order valence-corrected chi connectivity index (χ1v) is 7.08. The molecule has 0 amide bonds. The minimum absolute atomic E-state index is 0.368. The van der Waals surface area contributed by atoms with E-state index in [2.05, 4.69) is 20.8 Å². The first-order valence-electron chi connectivity index (χ1n) is 7.08. The highest BCUT2D eigenvalue weighted by molar-refractivity contribution is 5.54. The van der Waals surface area contributed by atoms with Crippen molar-refractivity contribution in [2.75, 3.05) is 0 Å². The summed E-state index contributed by atoms with van der Waals surface area (Å²) in [6.45, 7) is 7.18. The fraction of sp³-hybridized carbons (Fsp3) is 0.933. The zero-order valence-corrected chi connectivity index (χ0v) is 11.0. The molecule has 0 aromatic heterocycles. The number of fused-ring (bicyclic) bond motifs is 1. The maximum Gasteiger partial charge on any atom is 0.123 e. The third-order valence-electron chi connectivity index (χ3n) is 5.76. The smallest absolute Gasteiger partial charge is 0.123 e. The molecule has 1 heteroatoms. The summed E-state index contributed by atoms with van der Waals surface area (Å²) in [4.78, 5) is 11.2. The van der Waals surface area contributed by atoms with E-state index in [1.54, 1.807) is 0 Å². The summed E-state index contributed by atoms with van der Waals surface area (Å²) in [6, 6.07) is 0. The molecular formula is C15H26O. The van der Waals surface area contributed by atoms with Crippen molar-refractivity contribution < 1.29 is 4.79 Å². The van der Waals surface area contributed by atoms with Crippen LogP contribution in [-0.2, 0) is 4.79 Å². The molecular weight excluding hydrogens is 196 g/mol. The van der Waals surface area contributed by atoms with Crippen LogP contribution in [0.4, 0.5) is 0 Å². The Bertz CT molecular complexity index is 260. The molecule has 2 unspecified atom stereocenters. The number of hydrogen-bond donors (Lipinski definition) is 0. The van der Waals surface area contributed by atoms with Crippen LogP contribution in [0.15, 0.2) is 0 Å². The van der Waals surface area contributed by atoms with E-state index in [1.807, 2.05) is 0 Å². The van der Waals surface area contributed by atoms with Gasteiger partial charge in [0, 0.05) is 5.92 Å². The molecule has 0 saturated heterocycles. The Kier molecular flexibility index (Phi) is 3.42. The molecule has 2 aliphatic rings. The lowest BCUT2D eigenvalue weighted by molar-refractivity contribution is -0.116. The summed E-state index contributed by atoms with van der Waals surface area (Å²) in [5.74, 6) is 2.76. The molecule has 1 nitrogen and oxygen atoms in total. The second kappa shape index (κ2) is 4.50. The van der Waals surface area contributed by atoms with E-state index in [-0.39, 0.29) is 0 Å². The van der Waals surface area contributed by atoms with Crippen molar-refractivity contribution >= 4 is 6.29 Å². The van der Waals surface area contributed by atoms with Gasteiger partial charge in [0.05, 0.1) is 0 Å². The molecule has 0 N–H and O–H groups in total. The molecule has 0 spiro atoms. The fourth-order valence-electron chi connectivity index (χ4n) is 4.67. The van der Waals surface area contributed by atoms with Gasteiger partial charge in [-0.2, -0.15) is 0 Å². The molecule has 0 heterocycles. The number of hydrogen-bond acceptors (Lipinski definition) is 1. The van der Waals surface area contributed by atoms with Crippen LogP contribution in [0.1, 0.15) is 59.3 Å². The SMILES string of the molecule is CC[C@@H](C)C1CCC2[C@H](C=O)CCC[C@]12C. The normalized spacial score (nSPS) is 45.1. The van der Waals surface area contributed by atoms with Crippen LogP contribution in [0.3, 0.4) is 0 Å². The van der Waals surface area contributed by atoms with Gasteiger partial charge in [0.2, 0.25) is 0 Å². The van der Waals surface area contributed by atoms with Crippen molar-refractivity contribution in [3.8, 4) is 0 Å². The lowest BCUT2D eigenvalue weighted by atomic mass is 9.59. The van der Waals surface area contributed by atoms with Crippen molar-refractivity contribution in [2.24, 2.45) is 29.1 Å². The maximum absolute atomic E-state index is 11.2. The van der Waals surface area contributed by atoms with Gasteiger partial charge in [-0.15, -0.1) is 0 Å². The van der Waals surface area contributed by atoms with Gasteiger partial charge < -0.3 is 4.79 Å². The van der Waals surface area contributed by atoms with Gasteiger partial charge in [-0.1, -0.05) is 33.6 Å². The van der Waals surface area contributed by atoms with Crippen molar-refractivity contribution in [1.29, 1.82) is 0 Å². The predicted molar refractivity (Wildman–Crippen MR) is 67.2 cm³/mol. The highest BCUT2D eigenvalue weighted by Gasteiger charge is 2.51. The average Bonchev–Trinajstić information content (AvgIpc) is 2.64. The highest BCUT2D eigenvalue weighted by atomic mass is 16.1. The zero-order chi connectivity index (χ0) is 11.8. The van der Waals surface area contributed by atoms with E-state index < -0.39 is 0 Å². The van der Waals surface area contributed by atoms with Crippen molar-refractivity contribution in [3.05, 3.63) is 0 Å². The Hall–Kier alpha value is -0.330. The average molecular weight is 222 g/mol. The molecule has 2 aliphatic carbocycles. The lowest BCUT2D eigenvalue weighted by Gasteiger charge is -2.45. The Morgan fingerprint density at radius 2 is 2.12 bits per heavy atom. The molecule has 0 bridgehead atoms. The molecule has 5 atom stereocenters. The molecule has 0 aliphatic heterocycles. The summed E-state index contributed by atoms with van der Waals surface area (Å²) in [5.41, 5.74) is 0.471. The Balaban J connectivity index is 2.20. The first-order chi connectivity index (χ1) is 7.63. The van der Waals surface area contributed by atoms with E-state index in [0.29, 0.717) is 17.3 Å². The molecule has 2 rings (SSSR count). The zero-order valence-electron chi connectivity index (χ0n) is 11.0. The van der Waals surface area contributed by atoms with Crippen LogP contribution < -0.4 is 0 Å². The van der Waals surface area contributed by atoms with E-state index >= 15 is 0 Å². The summed E-state index contributed by atoms with van der Waals surface area (Å²) in [6.07, 6.45) is 8.98. The quantitative estimate of drug-likeness (QED) is 0.658. The van der Waals surface area contributed by atoms with Gasteiger partial charge in [-0.05, 0) is 48.9 Å². The molecule has 2 saturated carbocycles. The Morgan fingerprint density at radius 1 is 1.38 bits per heavy atom. The number of aldehydes is 1. The molecule has 92 valence electrons. The van der Waals surface area contributed by atoms with Crippen LogP contribution in [0.5, 0.6) is 0 Å². The van der Waals surface area contributed by atoms with Crippen molar-refractivity contribution in [3.63, 3.8) is 0 Å². The summed E-state index contributed by atoms with van der Waals surface area (Å²) < 4.78 is 0. The summed E-state index contributed by atoms with van der Waals surface area (Å²) >= 11 is 0. The van der Waals surface area contributed by atoms with Gasteiger partial charge in [0.1, 0.15) is 6.29 Å². The molecule has 0 radical (unpaired) electrons. The van der Waals surface area contributed by atoms with Gasteiger partial charge in [0.15, 0.2) is 0 Å². The lowest BCUT2D eigenvalue weighted by Crippen LogP contribution is -2.39. The fourth-order valence-corrected chi connectivity index (χ4v) is 4.67. The minimum atomic E-state index is 0.368. The monoisotopic (exact) mass is 222 g/mol. The van der Waals surface area contributed by atoms with Crippen molar-refractivity contribution in [1.82, 2.24) is 0 Å². The highest BCUT2D eigenvalue weighted by Crippen LogP contribution is 2.59. The van der Waals surface area contributed by atoms with Crippen LogP contribution in [0.25, 0.3) is 0 Å². The van der Waals surface area contributed by atoms with Crippen LogP contribution in [0.2, 0.25) is 0 Å². The number of rotatable bonds is 3. The third-order valence-corrected chi connectivity index (χ3v) is 5.76. The molecule has 16 heavy (non-hydrogen) atoms. The first kappa shape index (κ1) is 12.1. The standard InChI is InChI=1S/C15H26O/c1-4-11(2)13-7-8-14-12(10-16)6-5-9-15(13,14)3/h10-14H,4-9H2,1-3H3/t11-,12+,13?,14?,15-/m1/s1. The van der Waals surface area contributed by atoms with Gasteiger partial charge in [-0.3, -0.25) is 0 Å². The topological polar surface area (TPSA) is 17.1 Å². The molecule has 2 fully saturated rings. The third kappa shape index (κ3) is 1.72. The van der Waals surface area contributed by atoms with Crippen LogP contribution in [-0.4, -0.2) is 6.29 Å². The summed E-state index contributed by atoms with van der Waals surface area (Å²) in [5, 5.41) is 0. The van der Waals surface area contributed by atoms with Gasteiger partial charge in [0.25, 0.3) is 0 Å². The van der Waals surface area contributed by atoms with E-state index in [4.69, 9.17) is 0 Å². The maximum atomic E-state index is 11.2. The Labute approximate surface area is 100.0 Å². The Morgan fingerprint density at radius 3 is 2.75 bits per heavy atom. The van der Waals surface area contributed by atoms with E-state index in [9.17, 15) is 4.79 Å². The second-order valence-corrected chi connectivity index (χ2v) is 6.37. The number of carbonyl (C=O) groups excluding carboxylic acids is 1. The van der Waals surface area contributed by atoms with Gasteiger partial charge in [-0.25, -0.2) is 0 Å². The largest absolute Gasteiger partial charge is 0.303 e. The minimum Gasteiger partial charge on any atom is -0.303 e. The second-order valence-electron chi connectivity index (χ2n) is 6.37. The van der Waals surface area contributed by atoms with Crippen molar-refractivity contribution in [2.45, 2.75) is 59.3 Å². The van der Waals surface area contributed by atoms with Crippen LogP contribution >= 0.6 is 0 Å². The molecule has 0 aromatic carbocycles. The van der Waals surface area contributed by atoms with Gasteiger partial charge >= 0.3 is 0 Å².